The van der Waals surface area contributed by atoms with Crippen molar-refractivity contribution in [1.82, 2.24) is 14.8 Å². The quantitative estimate of drug-likeness (QED) is 0.578. The summed E-state index contributed by atoms with van der Waals surface area (Å²) in [7, 11) is 0. The lowest BCUT2D eigenvalue weighted by Gasteiger charge is -2.08. The van der Waals surface area contributed by atoms with Gasteiger partial charge in [0.2, 0.25) is 0 Å². The highest BCUT2D eigenvalue weighted by Crippen LogP contribution is 2.30. The molecule has 0 bridgehead atoms. The molecule has 0 fully saturated rings. The Morgan fingerprint density at radius 2 is 1.83 bits per heavy atom. The Kier molecular flexibility index (Phi) is 3.51. The van der Waals surface area contributed by atoms with Crippen LogP contribution in [0.15, 0.2) is 48.8 Å². The third-order valence-electron chi connectivity index (χ3n) is 3.19. The molecule has 3 rings (SSSR count). The summed E-state index contributed by atoms with van der Waals surface area (Å²) >= 11 is 0. The summed E-state index contributed by atoms with van der Waals surface area (Å²) in [6.07, 6.45) is -3.18. The summed E-state index contributed by atoms with van der Waals surface area (Å²) in [5, 5.41) is 4.08. The van der Waals surface area contributed by atoms with Crippen molar-refractivity contribution < 1.29 is 17.6 Å². The molecule has 23 heavy (non-hydrogen) atoms. The normalized spacial score (nSPS) is 11.7. The van der Waals surface area contributed by atoms with Crippen LogP contribution < -0.4 is 5.73 Å². The van der Waals surface area contributed by atoms with E-state index in [1.54, 1.807) is 0 Å². The van der Waals surface area contributed by atoms with E-state index < -0.39 is 17.6 Å². The van der Waals surface area contributed by atoms with Gasteiger partial charge in [0, 0.05) is 5.56 Å². The van der Waals surface area contributed by atoms with E-state index in [0.29, 0.717) is 5.56 Å². The number of anilines is 1. The summed E-state index contributed by atoms with van der Waals surface area (Å²) in [6.45, 7) is 0. The first-order chi connectivity index (χ1) is 10.8. The highest BCUT2D eigenvalue weighted by molar-refractivity contribution is 5.59. The van der Waals surface area contributed by atoms with E-state index in [1.165, 1.54) is 41.3 Å². The molecule has 0 amide bonds. The number of alkyl halides is 3. The van der Waals surface area contributed by atoms with Crippen molar-refractivity contribution in [2.75, 3.05) is 5.73 Å². The van der Waals surface area contributed by atoms with Crippen LogP contribution in [0.5, 0.6) is 0 Å². The molecule has 0 saturated heterocycles. The maximum Gasteiger partial charge on any atom is 0.416 e. The van der Waals surface area contributed by atoms with Gasteiger partial charge in [0.15, 0.2) is 5.82 Å². The number of nitrogens with zero attached hydrogens (tertiary/aromatic N) is 3. The second-order valence-electron chi connectivity index (χ2n) is 4.80. The highest BCUT2D eigenvalue weighted by Gasteiger charge is 2.30. The number of aromatic nitrogens is 3. The van der Waals surface area contributed by atoms with Crippen molar-refractivity contribution in [2.45, 2.75) is 6.18 Å². The van der Waals surface area contributed by atoms with E-state index >= 15 is 0 Å². The van der Waals surface area contributed by atoms with Crippen LogP contribution in [0.1, 0.15) is 5.56 Å². The summed E-state index contributed by atoms with van der Waals surface area (Å²) in [5.41, 5.74) is 5.18. The van der Waals surface area contributed by atoms with Crippen LogP contribution in [0.4, 0.5) is 23.2 Å². The first-order valence-corrected chi connectivity index (χ1v) is 6.49. The molecule has 118 valence electrons. The second kappa shape index (κ2) is 5.38. The zero-order valence-electron chi connectivity index (χ0n) is 11.5. The topological polar surface area (TPSA) is 56.7 Å². The number of nitrogen functional groups attached to an aromatic ring is 1. The van der Waals surface area contributed by atoms with Gasteiger partial charge in [0.25, 0.3) is 0 Å². The zero-order valence-corrected chi connectivity index (χ0v) is 11.5. The van der Waals surface area contributed by atoms with Crippen molar-refractivity contribution in [3.63, 3.8) is 0 Å². The number of hydrogen-bond donors (Lipinski definition) is 1. The third kappa shape index (κ3) is 3.01. The molecule has 0 radical (unpaired) electrons. The first kappa shape index (κ1) is 15.0. The third-order valence-corrected chi connectivity index (χ3v) is 3.19. The number of rotatable bonds is 2. The molecule has 0 spiro atoms. The highest BCUT2D eigenvalue weighted by atomic mass is 19.4. The molecule has 3 aromatic rings. The van der Waals surface area contributed by atoms with Crippen LogP contribution >= 0.6 is 0 Å². The number of benzene rings is 2. The molecule has 0 aliphatic carbocycles. The fraction of sp³-hybridized carbons (Fsp3) is 0.0667. The molecule has 4 nitrogen and oxygen atoms in total. The van der Waals surface area contributed by atoms with Crippen LogP contribution in [0, 0.1) is 5.82 Å². The Morgan fingerprint density at radius 1 is 1.04 bits per heavy atom. The van der Waals surface area contributed by atoms with Crippen molar-refractivity contribution in [3.05, 3.63) is 60.2 Å². The lowest BCUT2D eigenvalue weighted by atomic mass is 10.2. The summed E-state index contributed by atoms with van der Waals surface area (Å²) in [4.78, 5) is 3.99. The molecule has 2 aromatic carbocycles. The van der Waals surface area contributed by atoms with Gasteiger partial charge in [-0.1, -0.05) is 6.07 Å². The smallest absolute Gasteiger partial charge is 0.396 e. The molecule has 0 atom stereocenters. The molecule has 1 aromatic heterocycles. The number of hydrogen-bond acceptors (Lipinski definition) is 3. The molecule has 0 saturated carbocycles. The van der Waals surface area contributed by atoms with Crippen molar-refractivity contribution in [3.8, 4) is 17.1 Å². The predicted octanol–water partition coefficient (Wildman–Crippen LogP) is 3.67. The Hall–Kier alpha value is -2.90. The van der Waals surface area contributed by atoms with Gasteiger partial charge in [-0.2, -0.15) is 13.2 Å². The first-order valence-electron chi connectivity index (χ1n) is 6.49. The van der Waals surface area contributed by atoms with Gasteiger partial charge in [-0.3, -0.25) is 0 Å². The maximum atomic E-state index is 13.5. The molecule has 8 heteroatoms. The Morgan fingerprint density at radius 3 is 2.52 bits per heavy atom. The van der Waals surface area contributed by atoms with Crippen LogP contribution in [-0.4, -0.2) is 14.8 Å². The van der Waals surface area contributed by atoms with Gasteiger partial charge in [0.1, 0.15) is 12.1 Å². The maximum absolute atomic E-state index is 13.5. The largest absolute Gasteiger partial charge is 0.416 e. The summed E-state index contributed by atoms with van der Waals surface area (Å²) in [5.74, 6) is -0.431. The van der Waals surface area contributed by atoms with Crippen LogP contribution in [-0.2, 0) is 6.18 Å². The SMILES string of the molecule is Nc1ccc(-c2ncn(-c3cccc(C(F)(F)F)c3)n2)cc1F. The molecule has 2 N–H and O–H groups in total. The van der Waals surface area contributed by atoms with Gasteiger partial charge in [-0.05, 0) is 36.4 Å². The van der Waals surface area contributed by atoms with E-state index in [1.807, 2.05) is 0 Å². The van der Waals surface area contributed by atoms with E-state index in [2.05, 4.69) is 10.1 Å². The number of nitrogens with two attached hydrogens (primary N) is 1. The minimum absolute atomic E-state index is 0.00828. The lowest BCUT2D eigenvalue weighted by molar-refractivity contribution is -0.137. The lowest BCUT2D eigenvalue weighted by Crippen LogP contribution is -2.06. The Labute approximate surface area is 128 Å². The van der Waals surface area contributed by atoms with Crippen LogP contribution in [0.25, 0.3) is 17.1 Å². The molecular formula is C15H10F4N4. The average molecular weight is 322 g/mol. The van der Waals surface area contributed by atoms with Crippen LogP contribution in [0.3, 0.4) is 0 Å². The average Bonchev–Trinajstić information content (AvgIpc) is 2.99. The molecule has 0 unspecified atom stereocenters. The fourth-order valence-electron chi connectivity index (χ4n) is 2.01. The predicted molar refractivity (Wildman–Crippen MR) is 76.2 cm³/mol. The molecule has 0 aliphatic rings. The zero-order chi connectivity index (χ0) is 16.6. The van der Waals surface area contributed by atoms with E-state index in [4.69, 9.17) is 5.73 Å². The van der Waals surface area contributed by atoms with E-state index in [9.17, 15) is 17.6 Å². The van der Waals surface area contributed by atoms with Gasteiger partial charge in [0.05, 0.1) is 16.9 Å². The summed E-state index contributed by atoms with van der Waals surface area (Å²) in [6, 6.07) is 8.75. The molecule has 1 heterocycles. The van der Waals surface area contributed by atoms with Crippen molar-refractivity contribution >= 4 is 5.69 Å². The van der Waals surface area contributed by atoms with Gasteiger partial charge in [-0.15, -0.1) is 5.10 Å². The fourth-order valence-corrected chi connectivity index (χ4v) is 2.01. The molecule has 0 aliphatic heterocycles. The molecular weight excluding hydrogens is 312 g/mol. The van der Waals surface area contributed by atoms with Crippen molar-refractivity contribution in [2.24, 2.45) is 0 Å². The van der Waals surface area contributed by atoms with Crippen LogP contribution in [0.2, 0.25) is 0 Å². The van der Waals surface area contributed by atoms with Gasteiger partial charge in [-0.25, -0.2) is 14.1 Å². The number of halogens is 4. The van der Waals surface area contributed by atoms with Crippen molar-refractivity contribution in [1.29, 1.82) is 0 Å². The monoisotopic (exact) mass is 322 g/mol. The van der Waals surface area contributed by atoms with E-state index in [-0.39, 0.29) is 17.2 Å². The second-order valence-corrected chi connectivity index (χ2v) is 4.80. The van der Waals surface area contributed by atoms with E-state index in [0.717, 1.165) is 12.1 Å². The standard InChI is InChI=1S/C15H10F4N4/c16-12-6-9(4-5-13(12)20)14-21-8-23(22-14)11-3-1-2-10(7-11)15(17,18)19/h1-8H,20H2. The Balaban J connectivity index is 1.97. The van der Waals surface area contributed by atoms with Gasteiger partial charge < -0.3 is 5.73 Å². The Bertz CT molecular complexity index is 855. The minimum Gasteiger partial charge on any atom is -0.396 e. The minimum atomic E-state index is -4.44. The van der Waals surface area contributed by atoms with Gasteiger partial charge >= 0.3 is 6.18 Å². The summed E-state index contributed by atoms with van der Waals surface area (Å²) < 4.78 is 52.9.